The van der Waals surface area contributed by atoms with Gasteiger partial charge in [0.1, 0.15) is 5.52 Å². The zero-order valence-electron chi connectivity index (χ0n) is 17.3. The first-order valence-corrected chi connectivity index (χ1v) is 10.3. The largest absolute Gasteiger partial charge is 0.423 e. The lowest BCUT2D eigenvalue weighted by Crippen LogP contribution is -2.42. The van der Waals surface area contributed by atoms with Gasteiger partial charge in [-0.05, 0) is 55.9 Å². The molecular formula is C23H26N4O3. The Balaban J connectivity index is 1.26. The zero-order valence-corrected chi connectivity index (χ0v) is 17.3. The van der Waals surface area contributed by atoms with Gasteiger partial charge in [-0.25, -0.2) is 0 Å². The van der Waals surface area contributed by atoms with Crippen molar-refractivity contribution in [1.29, 1.82) is 0 Å². The summed E-state index contributed by atoms with van der Waals surface area (Å²) in [5, 5.41) is 5.51. The number of carbonyl (C=O) groups excluding carboxylic acids is 2. The quantitative estimate of drug-likeness (QED) is 0.649. The number of nitrogens with zero attached hydrogens (tertiary/aromatic N) is 2. The van der Waals surface area contributed by atoms with Gasteiger partial charge in [-0.2, -0.15) is 4.98 Å². The first kappa shape index (κ1) is 19.9. The minimum absolute atomic E-state index is 0.322. The van der Waals surface area contributed by atoms with Gasteiger partial charge in [0.2, 0.25) is 0 Å². The lowest BCUT2D eigenvalue weighted by Gasteiger charge is -2.30. The molecule has 156 valence electrons. The third-order valence-electron chi connectivity index (χ3n) is 5.64. The van der Waals surface area contributed by atoms with Gasteiger partial charge in [0.05, 0.1) is 0 Å². The van der Waals surface area contributed by atoms with E-state index in [-0.39, 0.29) is 0 Å². The number of amides is 2. The second-order valence-electron chi connectivity index (χ2n) is 7.83. The Kier molecular flexibility index (Phi) is 5.70. The standard InChI is InChI=1S/C23H26N4O3/c1-15-6-5-7-16(2)20(15)26-22(29)21(28)24-14-17-10-12-27(13-11-17)23-25-18-8-3-4-9-19(18)30-23/h3-9,17H,10-14H2,1-2H3,(H,24,28)(H,26,29). The molecule has 0 unspecified atom stereocenters. The Morgan fingerprint density at radius 2 is 1.73 bits per heavy atom. The van der Waals surface area contributed by atoms with Crippen molar-refractivity contribution >= 4 is 34.6 Å². The summed E-state index contributed by atoms with van der Waals surface area (Å²) >= 11 is 0. The molecule has 2 amide bonds. The minimum atomic E-state index is -0.628. The van der Waals surface area contributed by atoms with Crippen LogP contribution >= 0.6 is 0 Å². The summed E-state index contributed by atoms with van der Waals surface area (Å²) in [5.74, 6) is -0.905. The molecule has 1 saturated heterocycles. The summed E-state index contributed by atoms with van der Waals surface area (Å²) in [6.07, 6.45) is 1.80. The van der Waals surface area contributed by atoms with Crippen LogP contribution in [0.15, 0.2) is 46.9 Å². The molecule has 0 saturated carbocycles. The molecule has 0 spiro atoms. The van der Waals surface area contributed by atoms with Gasteiger partial charge in [-0.15, -0.1) is 0 Å². The molecule has 1 aliphatic heterocycles. The summed E-state index contributed by atoms with van der Waals surface area (Å²) in [4.78, 5) is 31.2. The number of anilines is 2. The number of carbonyl (C=O) groups is 2. The monoisotopic (exact) mass is 406 g/mol. The van der Waals surface area contributed by atoms with E-state index in [1.807, 2.05) is 56.3 Å². The number of nitrogens with one attached hydrogen (secondary N) is 2. The first-order valence-electron chi connectivity index (χ1n) is 10.3. The second-order valence-corrected chi connectivity index (χ2v) is 7.83. The zero-order chi connectivity index (χ0) is 21.1. The third-order valence-corrected chi connectivity index (χ3v) is 5.64. The number of benzene rings is 2. The number of hydrogen-bond acceptors (Lipinski definition) is 5. The molecule has 3 aromatic rings. The Hall–Kier alpha value is -3.35. The Labute approximate surface area is 175 Å². The molecule has 0 radical (unpaired) electrons. The maximum Gasteiger partial charge on any atom is 0.313 e. The fourth-order valence-corrected chi connectivity index (χ4v) is 3.82. The molecule has 0 bridgehead atoms. The van der Waals surface area contributed by atoms with Gasteiger partial charge in [-0.3, -0.25) is 9.59 Å². The highest BCUT2D eigenvalue weighted by Gasteiger charge is 2.24. The number of hydrogen-bond donors (Lipinski definition) is 2. The number of piperidine rings is 1. The summed E-state index contributed by atoms with van der Waals surface area (Å²) < 4.78 is 5.84. The van der Waals surface area contributed by atoms with E-state index < -0.39 is 11.8 Å². The number of aryl methyl sites for hydroxylation is 2. The molecule has 2 aromatic carbocycles. The van der Waals surface area contributed by atoms with E-state index in [4.69, 9.17) is 4.42 Å². The maximum absolute atomic E-state index is 12.3. The van der Waals surface area contributed by atoms with E-state index in [0.717, 1.165) is 48.2 Å². The molecule has 2 heterocycles. The van der Waals surface area contributed by atoms with Crippen LogP contribution in [-0.2, 0) is 9.59 Å². The summed E-state index contributed by atoms with van der Waals surface area (Å²) in [7, 11) is 0. The van der Waals surface area contributed by atoms with E-state index in [9.17, 15) is 9.59 Å². The van der Waals surface area contributed by atoms with Crippen molar-refractivity contribution in [3.63, 3.8) is 0 Å². The molecule has 0 aliphatic carbocycles. The number of oxazole rings is 1. The Morgan fingerprint density at radius 3 is 2.43 bits per heavy atom. The lowest BCUT2D eigenvalue weighted by molar-refractivity contribution is -0.136. The Morgan fingerprint density at radius 1 is 1.03 bits per heavy atom. The molecule has 7 nitrogen and oxygen atoms in total. The van der Waals surface area contributed by atoms with Crippen molar-refractivity contribution < 1.29 is 14.0 Å². The third kappa shape index (κ3) is 4.30. The van der Waals surface area contributed by atoms with Gasteiger partial charge in [-0.1, -0.05) is 30.3 Å². The topological polar surface area (TPSA) is 87.5 Å². The second kappa shape index (κ2) is 8.57. The van der Waals surface area contributed by atoms with Crippen molar-refractivity contribution in [2.24, 2.45) is 5.92 Å². The van der Waals surface area contributed by atoms with Crippen molar-refractivity contribution in [2.45, 2.75) is 26.7 Å². The molecule has 2 N–H and O–H groups in total. The number of aromatic nitrogens is 1. The van der Waals surface area contributed by atoms with Crippen LogP contribution in [0.25, 0.3) is 11.1 Å². The van der Waals surface area contributed by atoms with Crippen LogP contribution in [0.2, 0.25) is 0 Å². The van der Waals surface area contributed by atoms with Crippen LogP contribution in [0.1, 0.15) is 24.0 Å². The van der Waals surface area contributed by atoms with Crippen molar-refractivity contribution in [2.75, 3.05) is 29.9 Å². The van der Waals surface area contributed by atoms with Crippen molar-refractivity contribution in [3.8, 4) is 0 Å². The summed E-state index contributed by atoms with van der Waals surface area (Å²) in [6, 6.07) is 14.1. The van der Waals surface area contributed by atoms with Gasteiger partial charge >= 0.3 is 11.8 Å². The fraction of sp³-hybridized carbons (Fsp3) is 0.348. The van der Waals surface area contributed by atoms with Crippen LogP contribution < -0.4 is 15.5 Å². The van der Waals surface area contributed by atoms with E-state index in [2.05, 4.69) is 20.5 Å². The number of rotatable bonds is 4. The van der Waals surface area contributed by atoms with Gasteiger partial charge in [0.25, 0.3) is 6.01 Å². The molecular weight excluding hydrogens is 380 g/mol. The predicted molar refractivity (Wildman–Crippen MR) is 117 cm³/mol. The van der Waals surface area contributed by atoms with Crippen molar-refractivity contribution in [1.82, 2.24) is 10.3 Å². The minimum Gasteiger partial charge on any atom is -0.423 e. The highest BCUT2D eigenvalue weighted by molar-refractivity contribution is 6.39. The first-order chi connectivity index (χ1) is 14.5. The number of fused-ring (bicyclic) bond motifs is 1. The van der Waals surface area contributed by atoms with E-state index in [0.29, 0.717) is 24.2 Å². The molecule has 0 atom stereocenters. The van der Waals surface area contributed by atoms with Gasteiger partial charge in [0.15, 0.2) is 5.58 Å². The molecule has 1 aromatic heterocycles. The normalized spacial score (nSPS) is 14.7. The van der Waals surface area contributed by atoms with Gasteiger partial charge in [0, 0.05) is 25.3 Å². The lowest BCUT2D eigenvalue weighted by atomic mass is 9.97. The Bertz CT molecular complexity index is 1010. The van der Waals surface area contributed by atoms with Gasteiger partial charge < -0.3 is 20.0 Å². The van der Waals surface area contributed by atoms with Crippen LogP contribution in [0.5, 0.6) is 0 Å². The SMILES string of the molecule is Cc1cccc(C)c1NC(=O)C(=O)NCC1CCN(c2nc3ccccc3o2)CC1. The molecule has 30 heavy (non-hydrogen) atoms. The van der Waals surface area contributed by atoms with Crippen molar-refractivity contribution in [3.05, 3.63) is 53.6 Å². The molecule has 7 heteroatoms. The van der Waals surface area contributed by atoms with E-state index >= 15 is 0 Å². The van der Waals surface area contributed by atoms with E-state index in [1.54, 1.807) is 0 Å². The summed E-state index contributed by atoms with van der Waals surface area (Å²) in [5.41, 5.74) is 4.21. The van der Waals surface area contributed by atoms with Crippen LogP contribution in [-0.4, -0.2) is 36.4 Å². The average Bonchev–Trinajstić information content (AvgIpc) is 3.19. The van der Waals surface area contributed by atoms with E-state index in [1.165, 1.54) is 0 Å². The average molecular weight is 406 g/mol. The maximum atomic E-state index is 12.3. The smallest absolute Gasteiger partial charge is 0.313 e. The highest BCUT2D eigenvalue weighted by Crippen LogP contribution is 2.26. The van der Waals surface area contributed by atoms with Crippen LogP contribution in [0.3, 0.4) is 0 Å². The molecule has 4 rings (SSSR count). The molecule has 1 fully saturated rings. The predicted octanol–water partition coefficient (Wildman–Crippen LogP) is 3.42. The molecule has 1 aliphatic rings. The number of para-hydroxylation sites is 3. The highest BCUT2D eigenvalue weighted by atomic mass is 16.4. The fourth-order valence-electron chi connectivity index (χ4n) is 3.82. The van der Waals surface area contributed by atoms with Crippen LogP contribution in [0.4, 0.5) is 11.7 Å². The summed E-state index contributed by atoms with van der Waals surface area (Å²) in [6.45, 7) is 5.92. The van der Waals surface area contributed by atoms with Crippen LogP contribution in [0, 0.1) is 19.8 Å².